The fourth-order valence-electron chi connectivity index (χ4n) is 2.21. The maximum absolute atomic E-state index is 11.8. The van der Waals surface area contributed by atoms with Crippen LogP contribution in [-0.2, 0) is 9.59 Å². The second-order valence-electron chi connectivity index (χ2n) is 4.90. The molecule has 0 spiro atoms. The Balaban J connectivity index is 0.00000200. The highest BCUT2D eigenvalue weighted by Gasteiger charge is 2.24. The van der Waals surface area contributed by atoms with Crippen molar-refractivity contribution in [3.8, 4) is 0 Å². The Morgan fingerprint density at radius 1 is 1.45 bits per heavy atom. The van der Waals surface area contributed by atoms with Gasteiger partial charge in [0.15, 0.2) is 0 Å². The molecule has 1 unspecified atom stereocenters. The summed E-state index contributed by atoms with van der Waals surface area (Å²) in [6, 6.07) is 7.18. The topological polar surface area (TPSA) is 75.4 Å². The van der Waals surface area contributed by atoms with Crippen molar-refractivity contribution in [2.75, 3.05) is 16.8 Å². The normalized spacial score (nSPS) is 15.7. The lowest BCUT2D eigenvalue weighted by Gasteiger charge is -2.20. The molecule has 0 bridgehead atoms. The Kier molecular flexibility index (Phi) is 5.98. The monoisotopic (exact) mass is 297 g/mol. The van der Waals surface area contributed by atoms with Crippen molar-refractivity contribution in [3.63, 3.8) is 0 Å². The lowest BCUT2D eigenvalue weighted by molar-refractivity contribution is -0.117. The summed E-state index contributed by atoms with van der Waals surface area (Å²) in [4.78, 5) is 25.3. The van der Waals surface area contributed by atoms with Gasteiger partial charge in [0, 0.05) is 25.4 Å². The molecule has 1 heterocycles. The number of benzene rings is 1. The molecular formula is C14H20ClN3O2. The van der Waals surface area contributed by atoms with Crippen molar-refractivity contribution in [2.24, 2.45) is 5.73 Å². The molecule has 0 radical (unpaired) electrons. The fourth-order valence-corrected chi connectivity index (χ4v) is 2.21. The molecule has 1 saturated heterocycles. The average Bonchev–Trinajstić information content (AvgIpc) is 2.75. The summed E-state index contributed by atoms with van der Waals surface area (Å²) in [6.45, 7) is 2.49. The SMILES string of the molecule is CC(N)CC(=O)Nc1ccccc1N1CCCC1=O.Cl. The van der Waals surface area contributed by atoms with E-state index in [0.29, 0.717) is 18.7 Å². The molecule has 6 heteroatoms. The number of carbonyl (C=O) groups excluding carboxylic acids is 2. The van der Waals surface area contributed by atoms with E-state index in [2.05, 4.69) is 5.32 Å². The van der Waals surface area contributed by atoms with Crippen molar-refractivity contribution in [1.82, 2.24) is 0 Å². The molecule has 5 nitrogen and oxygen atoms in total. The fraction of sp³-hybridized carbons (Fsp3) is 0.429. The minimum absolute atomic E-state index is 0. The van der Waals surface area contributed by atoms with Gasteiger partial charge in [0.25, 0.3) is 0 Å². The number of amides is 2. The Bertz CT molecular complexity index is 491. The van der Waals surface area contributed by atoms with Gasteiger partial charge in [-0.2, -0.15) is 0 Å². The van der Waals surface area contributed by atoms with E-state index in [9.17, 15) is 9.59 Å². The van der Waals surface area contributed by atoms with Crippen LogP contribution in [0.2, 0.25) is 0 Å². The number of halogens is 1. The Hall–Kier alpha value is -1.59. The van der Waals surface area contributed by atoms with E-state index in [1.807, 2.05) is 18.2 Å². The highest BCUT2D eigenvalue weighted by Crippen LogP contribution is 2.29. The molecule has 1 aliphatic rings. The minimum Gasteiger partial charge on any atom is -0.327 e. The third kappa shape index (κ3) is 3.95. The van der Waals surface area contributed by atoms with Gasteiger partial charge in [-0.3, -0.25) is 9.59 Å². The molecule has 1 aromatic rings. The largest absolute Gasteiger partial charge is 0.327 e. The first-order chi connectivity index (χ1) is 9.08. The van der Waals surface area contributed by atoms with E-state index in [-0.39, 0.29) is 36.7 Å². The highest BCUT2D eigenvalue weighted by molar-refractivity contribution is 6.02. The molecule has 1 aliphatic heterocycles. The van der Waals surface area contributed by atoms with Crippen molar-refractivity contribution in [2.45, 2.75) is 32.2 Å². The zero-order valence-electron chi connectivity index (χ0n) is 11.5. The van der Waals surface area contributed by atoms with Gasteiger partial charge in [-0.15, -0.1) is 12.4 Å². The first kappa shape index (κ1) is 16.5. The summed E-state index contributed by atoms with van der Waals surface area (Å²) >= 11 is 0. The van der Waals surface area contributed by atoms with E-state index >= 15 is 0 Å². The average molecular weight is 298 g/mol. The quantitative estimate of drug-likeness (QED) is 0.891. The Labute approximate surface area is 124 Å². The maximum atomic E-state index is 11.8. The van der Waals surface area contributed by atoms with Crippen LogP contribution in [0.1, 0.15) is 26.2 Å². The number of nitrogens with zero attached hydrogens (tertiary/aromatic N) is 1. The summed E-state index contributed by atoms with van der Waals surface area (Å²) in [5.74, 6) is -0.0250. The number of hydrogen-bond donors (Lipinski definition) is 2. The zero-order valence-corrected chi connectivity index (χ0v) is 12.3. The van der Waals surface area contributed by atoms with Crippen LogP contribution >= 0.6 is 12.4 Å². The van der Waals surface area contributed by atoms with Crippen molar-refractivity contribution in [1.29, 1.82) is 0 Å². The smallest absolute Gasteiger partial charge is 0.227 e. The number of nitrogens with two attached hydrogens (primary N) is 1. The van der Waals surface area contributed by atoms with Crippen molar-refractivity contribution < 1.29 is 9.59 Å². The Morgan fingerprint density at radius 2 is 2.15 bits per heavy atom. The van der Waals surface area contributed by atoms with Crippen LogP contribution in [0, 0.1) is 0 Å². The molecule has 1 atom stereocenters. The third-order valence-electron chi connectivity index (χ3n) is 3.05. The van der Waals surface area contributed by atoms with Gasteiger partial charge >= 0.3 is 0 Å². The van der Waals surface area contributed by atoms with Gasteiger partial charge in [0.05, 0.1) is 11.4 Å². The molecule has 0 saturated carbocycles. The molecule has 2 rings (SSSR count). The second-order valence-corrected chi connectivity index (χ2v) is 4.90. The lowest BCUT2D eigenvalue weighted by atomic mass is 10.2. The van der Waals surface area contributed by atoms with Gasteiger partial charge in [-0.25, -0.2) is 0 Å². The molecule has 2 amide bonds. The van der Waals surface area contributed by atoms with Crippen LogP contribution < -0.4 is 16.0 Å². The summed E-state index contributed by atoms with van der Waals surface area (Å²) in [5, 5.41) is 2.83. The van der Waals surface area contributed by atoms with Gasteiger partial charge in [0.2, 0.25) is 11.8 Å². The van der Waals surface area contributed by atoms with E-state index < -0.39 is 0 Å². The van der Waals surface area contributed by atoms with Gasteiger partial charge in [0.1, 0.15) is 0 Å². The molecule has 0 aromatic heterocycles. The maximum Gasteiger partial charge on any atom is 0.227 e. The predicted octanol–water partition coefficient (Wildman–Crippen LogP) is 1.91. The molecule has 3 N–H and O–H groups in total. The van der Waals surface area contributed by atoms with Crippen LogP contribution in [-0.4, -0.2) is 24.4 Å². The van der Waals surface area contributed by atoms with Gasteiger partial charge < -0.3 is 16.0 Å². The van der Waals surface area contributed by atoms with E-state index in [0.717, 1.165) is 12.1 Å². The number of rotatable bonds is 4. The predicted molar refractivity (Wildman–Crippen MR) is 82.2 cm³/mol. The summed E-state index contributed by atoms with van der Waals surface area (Å²) < 4.78 is 0. The zero-order chi connectivity index (χ0) is 13.8. The third-order valence-corrected chi connectivity index (χ3v) is 3.05. The number of para-hydroxylation sites is 2. The van der Waals surface area contributed by atoms with Gasteiger partial charge in [-0.05, 0) is 25.5 Å². The first-order valence-electron chi connectivity index (χ1n) is 6.53. The molecule has 1 aromatic carbocycles. The van der Waals surface area contributed by atoms with Crippen LogP contribution in [0.4, 0.5) is 11.4 Å². The van der Waals surface area contributed by atoms with Crippen molar-refractivity contribution in [3.05, 3.63) is 24.3 Å². The van der Waals surface area contributed by atoms with E-state index in [4.69, 9.17) is 5.73 Å². The van der Waals surface area contributed by atoms with Crippen LogP contribution in [0.5, 0.6) is 0 Å². The van der Waals surface area contributed by atoms with Crippen molar-refractivity contribution >= 4 is 35.6 Å². The lowest BCUT2D eigenvalue weighted by Crippen LogP contribution is -2.27. The Morgan fingerprint density at radius 3 is 2.75 bits per heavy atom. The number of nitrogens with one attached hydrogen (secondary N) is 1. The summed E-state index contributed by atoms with van der Waals surface area (Å²) in [6.07, 6.45) is 1.70. The molecule has 110 valence electrons. The standard InChI is InChI=1S/C14H19N3O2.ClH/c1-10(15)9-13(18)16-11-5-2-3-6-12(11)17-8-4-7-14(17)19;/h2-3,5-6,10H,4,7-9,15H2,1H3,(H,16,18);1H. The first-order valence-corrected chi connectivity index (χ1v) is 6.53. The van der Waals surface area contributed by atoms with E-state index in [1.54, 1.807) is 17.9 Å². The highest BCUT2D eigenvalue weighted by atomic mass is 35.5. The molecular weight excluding hydrogens is 278 g/mol. The molecule has 1 fully saturated rings. The molecule has 0 aliphatic carbocycles. The summed E-state index contributed by atoms with van der Waals surface area (Å²) in [7, 11) is 0. The second kappa shape index (κ2) is 7.26. The number of anilines is 2. The van der Waals surface area contributed by atoms with Crippen LogP contribution in [0.25, 0.3) is 0 Å². The summed E-state index contributed by atoms with van der Waals surface area (Å²) in [5.41, 5.74) is 7.04. The van der Waals surface area contributed by atoms with Gasteiger partial charge in [-0.1, -0.05) is 12.1 Å². The van der Waals surface area contributed by atoms with Crippen LogP contribution in [0.3, 0.4) is 0 Å². The van der Waals surface area contributed by atoms with E-state index in [1.165, 1.54) is 0 Å². The minimum atomic E-state index is -0.180. The number of carbonyl (C=O) groups is 2. The van der Waals surface area contributed by atoms with Crippen LogP contribution in [0.15, 0.2) is 24.3 Å². The number of hydrogen-bond acceptors (Lipinski definition) is 3. The molecule has 20 heavy (non-hydrogen) atoms.